The molecule has 23 heavy (non-hydrogen) atoms. The van der Waals surface area contributed by atoms with E-state index < -0.39 is 30.9 Å². The van der Waals surface area contributed by atoms with E-state index in [-0.39, 0.29) is 31.1 Å². The second-order valence-corrected chi connectivity index (χ2v) is 6.06. The van der Waals surface area contributed by atoms with E-state index in [0.29, 0.717) is 12.8 Å². The number of hydrogen-bond acceptors (Lipinski definition) is 0. The third-order valence-electron chi connectivity index (χ3n) is 3.77. The summed E-state index contributed by atoms with van der Waals surface area (Å²) in [5.41, 5.74) is 0. The summed E-state index contributed by atoms with van der Waals surface area (Å²) in [6.45, 7) is 11.6. The largest absolute Gasteiger partial charge is 0.247 e. The fourth-order valence-corrected chi connectivity index (χ4v) is 2.79. The lowest BCUT2D eigenvalue weighted by molar-refractivity contribution is 0.0222. The molecule has 0 heterocycles. The van der Waals surface area contributed by atoms with Gasteiger partial charge in [-0.05, 0) is 37.5 Å². The zero-order chi connectivity index (χ0) is 18.6. The molecule has 0 nitrogen and oxygen atoms in total. The van der Waals surface area contributed by atoms with Crippen molar-refractivity contribution in [3.63, 3.8) is 0 Å². The molecule has 2 saturated carbocycles. The monoisotopic (exact) mass is 346 g/mol. The van der Waals surface area contributed by atoms with Gasteiger partial charge in [-0.1, -0.05) is 41.5 Å². The van der Waals surface area contributed by atoms with Crippen LogP contribution in [0.4, 0.5) is 22.0 Å². The summed E-state index contributed by atoms with van der Waals surface area (Å²) < 4.78 is 62.2. The fourth-order valence-electron chi connectivity index (χ4n) is 2.79. The molecule has 4 atom stereocenters. The van der Waals surface area contributed by atoms with E-state index in [2.05, 4.69) is 0 Å². The molecule has 5 heteroatoms. The van der Waals surface area contributed by atoms with Crippen LogP contribution in [-0.4, -0.2) is 30.9 Å². The van der Waals surface area contributed by atoms with Crippen LogP contribution in [0.3, 0.4) is 0 Å². The van der Waals surface area contributed by atoms with Gasteiger partial charge in [0.2, 0.25) is 0 Å². The number of rotatable bonds is 0. The van der Waals surface area contributed by atoms with E-state index in [1.807, 2.05) is 34.6 Å². The van der Waals surface area contributed by atoms with Gasteiger partial charge in [0.25, 0.3) is 0 Å². The van der Waals surface area contributed by atoms with Gasteiger partial charge in [0, 0.05) is 6.42 Å². The van der Waals surface area contributed by atoms with Crippen LogP contribution in [0.25, 0.3) is 0 Å². The van der Waals surface area contributed by atoms with Crippen LogP contribution in [0.1, 0.15) is 73.6 Å². The Morgan fingerprint density at radius 1 is 0.522 bits per heavy atom. The molecule has 0 aliphatic heterocycles. The highest BCUT2D eigenvalue weighted by molar-refractivity contribution is 4.85. The molecule has 0 aromatic carbocycles. The molecule has 2 fully saturated rings. The molecule has 0 amide bonds. The van der Waals surface area contributed by atoms with Crippen LogP contribution < -0.4 is 0 Å². The summed E-state index contributed by atoms with van der Waals surface area (Å²) >= 11 is 0. The van der Waals surface area contributed by atoms with Gasteiger partial charge < -0.3 is 0 Å². The van der Waals surface area contributed by atoms with Crippen molar-refractivity contribution in [2.75, 3.05) is 0 Å². The van der Waals surface area contributed by atoms with E-state index in [1.54, 1.807) is 6.92 Å². The summed E-state index contributed by atoms with van der Waals surface area (Å²) in [6, 6.07) is 0. The van der Waals surface area contributed by atoms with Crippen LogP contribution in [0.5, 0.6) is 0 Å². The lowest BCUT2D eigenvalue weighted by Gasteiger charge is -2.27. The first-order valence-electron chi connectivity index (χ1n) is 8.99. The summed E-state index contributed by atoms with van der Waals surface area (Å²) in [5, 5.41) is 0. The maximum atomic E-state index is 12.5. The van der Waals surface area contributed by atoms with Crippen molar-refractivity contribution in [3.8, 4) is 0 Å². The second kappa shape index (κ2) is 14.0. The van der Waals surface area contributed by atoms with Crippen molar-refractivity contribution in [2.24, 2.45) is 11.8 Å². The van der Waals surface area contributed by atoms with Crippen molar-refractivity contribution in [1.82, 2.24) is 0 Å². The van der Waals surface area contributed by atoms with Crippen LogP contribution in [0, 0.1) is 11.8 Å². The minimum atomic E-state index is -1.88. The van der Waals surface area contributed by atoms with Crippen molar-refractivity contribution in [2.45, 2.75) is 105 Å². The van der Waals surface area contributed by atoms with Gasteiger partial charge in [-0.25, -0.2) is 22.0 Å². The molecular weight excluding hydrogens is 311 g/mol. The Balaban J connectivity index is 0. The Morgan fingerprint density at radius 3 is 1.13 bits per heavy atom. The highest BCUT2D eigenvalue weighted by Gasteiger charge is 2.36. The first-order valence-corrected chi connectivity index (χ1v) is 8.99. The summed E-state index contributed by atoms with van der Waals surface area (Å²) in [7, 11) is 0. The average Bonchev–Trinajstić information content (AvgIpc) is 2.48. The van der Waals surface area contributed by atoms with Crippen LogP contribution in [0.15, 0.2) is 0 Å². The molecule has 4 unspecified atom stereocenters. The molecule has 142 valence electrons. The molecule has 2 aliphatic carbocycles. The number of halogens is 5. The summed E-state index contributed by atoms with van der Waals surface area (Å²) in [6.07, 6.45) is -5.24. The van der Waals surface area contributed by atoms with Crippen molar-refractivity contribution >= 4 is 0 Å². The maximum Gasteiger partial charge on any atom is 0.162 e. The second-order valence-electron chi connectivity index (χ2n) is 6.06. The zero-order valence-corrected chi connectivity index (χ0v) is 15.5. The Bertz CT molecular complexity index is 225. The molecule has 0 saturated heterocycles. The maximum absolute atomic E-state index is 12.5. The molecule has 0 N–H and O–H groups in total. The highest BCUT2D eigenvalue weighted by Crippen LogP contribution is 2.30. The van der Waals surface area contributed by atoms with Gasteiger partial charge in [-0.15, -0.1) is 0 Å². The van der Waals surface area contributed by atoms with Crippen molar-refractivity contribution < 1.29 is 22.0 Å². The number of hydrogen-bond donors (Lipinski definition) is 0. The summed E-state index contributed by atoms with van der Waals surface area (Å²) in [4.78, 5) is 0. The van der Waals surface area contributed by atoms with Gasteiger partial charge in [-0.3, -0.25) is 0 Å². The van der Waals surface area contributed by atoms with Gasteiger partial charge in [-0.2, -0.15) is 0 Å². The Hall–Kier alpha value is -0.350. The van der Waals surface area contributed by atoms with E-state index in [1.165, 1.54) is 0 Å². The topological polar surface area (TPSA) is 0 Å². The quantitative estimate of drug-likeness (QED) is 0.416. The van der Waals surface area contributed by atoms with E-state index in [4.69, 9.17) is 0 Å². The van der Waals surface area contributed by atoms with Gasteiger partial charge in [0.05, 0.1) is 0 Å². The molecule has 2 aliphatic rings. The SMILES string of the molecule is CC.CC.CC1CC(F)C(F)C(F)C1.CC1CC(F)CC(F)C1. The standard InChI is InChI=1S/C7H11F3.C7H12F2.2C2H6/c1-4-2-5(8)7(10)6(9)3-4;1-5-2-6(8)4-7(9)3-5;2*1-2/h4-7H,2-3H2,1H3;5-7H,2-4H2,1H3;2*1-2H3. The Labute approximate surface area is 139 Å². The van der Waals surface area contributed by atoms with Crippen molar-refractivity contribution in [1.29, 1.82) is 0 Å². The first-order chi connectivity index (χ1) is 10.8. The lowest BCUT2D eigenvalue weighted by Crippen LogP contribution is -2.36. The van der Waals surface area contributed by atoms with Crippen LogP contribution in [0.2, 0.25) is 0 Å². The van der Waals surface area contributed by atoms with Crippen LogP contribution in [-0.2, 0) is 0 Å². The minimum absolute atomic E-state index is 0.0167. The third-order valence-corrected chi connectivity index (χ3v) is 3.77. The average molecular weight is 346 g/mol. The predicted molar refractivity (Wildman–Crippen MR) is 88.6 cm³/mol. The zero-order valence-electron chi connectivity index (χ0n) is 15.5. The molecule has 0 bridgehead atoms. The minimum Gasteiger partial charge on any atom is -0.247 e. The summed E-state index contributed by atoms with van der Waals surface area (Å²) in [5.74, 6) is 0.223. The van der Waals surface area contributed by atoms with E-state index in [0.717, 1.165) is 0 Å². The normalized spacial score (nSPS) is 39.5. The molecule has 2 rings (SSSR count). The molecule has 0 aromatic heterocycles. The smallest absolute Gasteiger partial charge is 0.162 e. The molecule has 0 spiro atoms. The lowest BCUT2D eigenvalue weighted by atomic mass is 9.87. The number of alkyl halides is 5. The Morgan fingerprint density at radius 2 is 0.826 bits per heavy atom. The van der Waals surface area contributed by atoms with Crippen molar-refractivity contribution in [3.05, 3.63) is 0 Å². The first kappa shape index (κ1) is 24.9. The predicted octanol–water partition coefficient (Wildman–Crippen LogP) is 6.97. The fraction of sp³-hybridized carbons (Fsp3) is 1.00. The molecule has 0 radical (unpaired) electrons. The molecule has 0 aromatic rings. The van der Waals surface area contributed by atoms with Crippen LogP contribution >= 0.6 is 0 Å². The van der Waals surface area contributed by atoms with E-state index in [9.17, 15) is 22.0 Å². The van der Waals surface area contributed by atoms with Gasteiger partial charge in [0.1, 0.15) is 24.7 Å². The van der Waals surface area contributed by atoms with Gasteiger partial charge in [0.15, 0.2) is 6.17 Å². The van der Waals surface area contributed by atoms with E-state index >= 15 is 0 Å². The third kappa shape index (κ3) is 10.9. The Kier molecular flexibility index (Phi) is 15.2. The van der Waals surface area contributed by atoms with Gasteiger partial charge >= 0.3 is 0 Å². The highest BCUT2D eigenvalue weighted by atomic mass is 19.2. The molecular formula is C18H35F5.